The molecule has 0 saturated carbocycles. The number of unbranched alkanes of at least 4 members (excludes halogenated alkanes) is 8. The number of fused-ring (bicyclic) bond motifs is 2. The molecule has 79 heavy (non-hydrogen) atoms. The van der Waals surface area contributed by atoms with E-state index in [1.54, 1.807) is 42.2 Å². The molecule has 424 valence electrons. The third-order valence-corrected chi connectivity index (χ3v) is 14.1. The van der Waals surface area contributed by atoms with Crippen LogP contribution in [0.1, 0.15) is 126 Å². The van der Waals surface area contributed by atoms with Crippen LogP contribution in [0.5, 0.6) is 11.5 Å². The zero-order valence-electron chi connectivity index (χ0n) is 46.4. The smallest absolute Gasteiger partial charge is 0.415 e. The van der Waals surface area contributed by atoms with Crippen LogP contribution in [0.25, 0.3) is 21.9 Å². The lowest BCUT2D eigenvalue weighted by Gasteiger charge is -2.40. The van der Waals surface area contributed by atoms with Crippen molar-refractivity contribution in [2.75, 3.05) is 45.9 Å². The van der Waals surface area contributed by atoms with Gasteiger partial charge in [-0.05, 0) is 92.6 Å². The van der Waals surface area contributed by atoms with Crippen molar-refractivity contribution >= 4 is 57.0 Å². The summed E-state index contributed by atoms with van der Waals surface area (Å²) in [7, 11) is 0. The van der Waals surface area contributed by atoms with Gasteiger partial charge in [0.15, 0.2) is 0 Å². The molecule has 0 N–H and O–H groups in total. The van der Waals surface area contributed by atoms with Gasteiger partial charge in [-0.15, -0.1) is 0 Å². The van der Waals surface area contributed by atoms with E-state index in [2.05, 4.69) is 70.8 Å². The third kappa shape index (κ3) is 21.4. The van der Waals surface area contributed by atoms with Crippen molar-refractivity contribution in [1.82, 2.24) is 14.7 Å². The molecule has 0 spiro atoms. The number of piperidine rings is 1. The summed E-state index contributed by atoms with van der Waals surface area (Å²) in [5.74, 6) is 0.773. The summed E-state index contributed by atoms with van der Waals surface area (Å²) in [6.07, 6.45) is 14.0. The van der Waals surface area contributed by atoms with Crippen LogP contribution in [0.15, 0.2) is 128 Å². The van der Waals surface area contributed by atoms with Gasteiger partial charge in [0.1, 0.15) is 29.3 Å². The molecule has 1 amide bonds. The Kier molecular flexibility index (Phi) is 25.6. The minimum atomic E-state index is -0.936. The Hall–Kier alpha value is -6.81. The lowest BCUT2D eigenvalue weighted by molar-refractivity contribution is -0.146. The molecule has 2 aromatic heterocycles. The van der Waals surface area contributed by atoms with E-state index in [1.165, 1.54) is 67.9 Å². The van der Waals surface area contributed by atoms with Crippen molar-refractivity contribution < 1.29 is 47.0 Å². The van der Waals surface area contributed by atoms with Crippen LogP contribution in [-0.2, 0) is 32.2 Å². The van der Waals surface area contributed by atoms with Crippen molar-refractivity contribution in [2.24, 2.45) is 5.92 Å². The van der Waals surface area contributed by atoms with E-state index >= 15 is 0 Å². The molecule has 2 fully saturated rings. The van der Waals surface area contributed by atoms with E-state index in [9.17, 15) is 28.8 Å². The van der Waals surface area contributed by atoms with Crippen molar-refractivity contribution in [3.63, 3.8) is 0 Å². The first-order valence-electron chi connectivity index (χ1n) is 28.0. The Morgan fingerprint density at radius 3 is 1.58 bits per heavy atom. The highest BCUT2D eigenvalue weighted by molar-refractivity contribution is 6.61. The van der Waals surface area contributed by atoms with Crippen LogP contribution in [0.2, 0.25) is 0 Å². The lowest BCUT2D eigenvalue weighted by Crippen LogP contribution is -2.57. The van der Waals surface area contributed by atoms with Crippen molar-refractivity contribution in [1.29, 1.82) is 0 Å². The SMILES string of the molecule is CCCCCCCC(=O)OCC1CCCN(Cc2ccccc2)C1.CCCCCCCC(=O)OCC1CN(Cc2ccccc2)CCN1C(=O)Oc1ccc2c(C)cc(=O)oc2c1.Cc1cc(=O)oc2cc(OC(=O)Cl)ccc12. The first-order chi connectivity index (χ1) is 38.3. The van der Waals surface area contributed by atoms with Gasteiger partial charge in [-0.3, -0.25) is 24.3 Å². The van der Waals surface area contributed by atoms with E-state index in [0.717, 1.165) is 86.6 Å². The van der Waals surface area contributed by atoms with Crippen LogP contribution in [-0.4, -0.2) is 90.1 Å². The highest BCUT2D eigenvalue weighted by atomic mass is 35.5. The van der Waals surface area contributed by atoms with Gasteiger partial charge in [-0.1, -0.05) is 126 Å². The second kappa shape index (κ2) is 32.9. The van der Waals surface area contributed by atoms with E-state index < -0.39 is 22.8 Å². The first kappa shape index (κ1) is 61.4. The molecule has 16 heteroatoms. The van der Waals surface area contributed by atoms with Gasteiger partial charge < -0.3 is 27.8 Å². The number of carbonyl (C=O) groups is 4. The molecule has 0 aliphatic carbocycles. The maximum Gasteiger partial charge on any atom is 0.415 e. The fourth-order valence-electron chi connectivity index (χ4n) is 9.84. The van der Waals surface area contributed by atoms with Gasteiger partial charge >= 0.3 is 34.7 Å². The summed E-state index contributed by atoms with van der Waals surface area (Å²) in [6.45, 7) is 14.3. The van der Waals surface area contributed by atoms with E-state index in [1.807, 2.05) is 25.1 Å². The van der Waals surface area contributed by atoms with Gasteiger partial charge in [-0.25, -0.2) is 19.2 Å². The number of nitrogens with zero attached hydrogens (tertiary/aromatic N) is 3. The van der Waals surface area contributed by atoms with Crippen molar-refractivity contribution in [2.45, 2.75) is 137 Å². The summed E-state index contributed by atoms with van der Waals surface area (Å²) in [5, 5.41) is 1.57. The Morgan fingerprint density at radius 1 is 0.570 bits per heavy atom. The minimum Gasteiger partial charge on any atom is -0.465 e. The zero-order chi connectivity index (χ0) is 56.4. The predicted molar refractivity (Wildman–Crippen MR) is 308 cm³/mol. The predicted octanol–water partition coefficient (Wildman–Crippen LogP) is 13.3. The summed E-state index contributed by atoms with van der Waals surface area (Å²) < 4.78 is 31.8. The second-order valence-electron chi connectivity index (χ2n) is 20.5. The van der Waals surface area contributed by atoms with Gasteiger partial charge in [0.05, 0.1) is 12.6 Å². The highest BCUT2D eigenvalue weighted by Gasteiger charge is 2.33. The van der Waals surface area contributed by atoms with Gasteiger partial charge in [0.25, 0.3) is 0 Å². The van der Waals surface area contributed by atoms with Crippen molar-refractivity contribution in [3.8, 4) is 11.5 Å². The molecule has 6 aromatic rings. The number of ether oxygens (including phenoxy) is 4. The molecule has 0 bridgehead atoms. The second-order valence-corrected chi connectivity index (χ2v) is 20.8. The van der Waals surface area contributed by atoms with E-state index in [0.29, 0.717) is 56.2 Å². The van der Waals surface area contributed by atoms with Gasteiger partial charge in [0.2, 0.25) is 0 Å². The maximum atomic E-state index is 13.3. The van der Waals surface area contributed by atoms with Crippen LogP contribution < -0.4 is 20.7 Å². The average Bonchev–Trinajstić information content (AvgIpc) is 3.42. The lowest BCUT2D eigenvalue weighted by atomic mass is 9.98. The number of hydrogen-bond acceptors (Lipinski definition) is 14. The number of esters is 2. The largest absolute Gasteiger partial charge is 0.465 e. The fraction of sp³-hybridized carbons (Fsp3) is 0.460. The molecule has 2 saturated heterocycles. The summed E-state index contributed by atoms with van der Waals surface area (Å²) in [5.41, 5.74) is 3.03. The zero-order valence-corrected chi connectivity index (χ0v) is 47.2. The number of amides is 1. The summed E-state index contributed by atoms with van der Waals surface area (Å²) >= 11 is 5.07. The molecule has 2 unspecified atom stereocenters. The highest BCUT2D eigenvalue weighted by Crippen LogP contribution is 2.26. The topological polar surface area (TPSA) is 175 Å². The van der Waals surface area contributed by atoms with Crippen LogP contribution in [0, 0.1) is 19.8 Å². The number of piperazine rings is 1. The minimum absolute atomic E-state index is 0.00770. The number of aryl methyl sites for hydroxylation is 2. The molecule has 8 rings (SSSR count). The molecular formula is C63H78ClN3O12. The monoisotopic (exact) mass is 1100 g/mol. The molecule has 4 heterocycles. The van der Waals surface area contributed by atoms with Crippen molar-refractivity contribution in [3.05, 3.63) is 152 Å². The van der Waals surface area contributed by atoms with E-state index in [4.69, 9.17) is 34.6 Å². The molecule has 4 aromatic carbocycles. The summed E-state index contributed by atoms with van der Waals surface area (Å²) in [6, 6.07) is 33.0. The molecule has 2 atom stereocenters. The number of likely N-dealkylation sites (tertiary alicyclic amines) is 1. The number of carbonyl (C=O) groups excluding carboxylic acids is 4. The molecule has 2 aliphatic heterocycles. The first-order valence-corrected chi connectivity index (χ1v) is 28.4. The Morgan fingerprint density at radius 2 is 1.06 bits per heavy atom. The summed E-state index contributed by atoms with van der Waals surface area (Å²) in [4.78, 5) is 77.4. The Bertz CT molecular complexity index is 2980. The van der Waals surface area contributed by atoms with E-state index in [-0.39, 0.29) is 36.1 Å². The average molecular weight is 1100 g/mol. The number of benzene rings is 4. The Labute approximate surface area is 469 Å². The van der Waals surface area contributed by atoms with Crippen LogP contribution in [0.3, 0.4) is 0 Å². The fourth-order valence-corrected chi connectivity index (χ4v) is 9.93. The Balaban J connectivity index is 0.000000213. The third-order valence-electron chi connectivity index (χ3n) is 14.0. The normalized spacial score (nSPS) is 15.5. The van der Waals surface area contributed by atoms with Crippen LogP contribution >= 0.6 is 11.6 Å². The van der Waals surface area contributed by atoms with Gasteiger partial charge in [-0.2, -0.15) is 0 Å². The molecule has 15 nitrogen and oxygen atoms in total. The quantitative estimate of drug-likeness (QED) is 0.0272. The maximum absolute atomic E-state index is 13.3. The van der Waals surface area contributed by atoms with Crippen LogP contribution in [0.4, 0.5) is 9.59 Å². The number of halogens is 1. The molecule has 0 radical (unpaired) electrons. The van der Waals surface area contributed by atoms with Gasteiger partial charge in [0, 0.05) is 105 Å². The standard InChI is InChI=1S/C31H38N2O6.C21H33NO2.C11H7ClO4/c1-3-4-5-6-10-13-29(34)37-22-25-21-32(20-24-11-8-7-9-12-24)16-17-33(25)31(36)38-26-14-15-27-23(2)18-30(35)39-28(27)19-26;1-2-3-4-5-9-14-21(23)24-18-20-13-10-15-22(17-20)16-19-11-7-6-8-12-19;1-6-4-10(13)16-9-5-7(15-11(12)14)2-3-8(6)9/h7-9,11-12,14-15,18-19,25H,3-6,10,13,16-17,20-22H2,1-2H3;6-8,11-12,20H,2-5,9-10,13-18H2,1H3;2-5H,1H3. The number of hydrogen-bond donors (Lipinski definition) is 0. The molecule has 2 aliphatic rings. The number of rotatable bonds is 22. The molecular weight excluding hydrogens is 1030 g/mol.